The number of allylic oxidation sites excluding steroid dienone is 6. The molecule has 0 atom stereocenters. The zero-order valence-corrected chi connectivity index (χ0v) is 10.6. The van der Waals surface area contributed by atoms with Gasteiger partial charge in [-0.3, -0.25) is 4.79 Å². The summed E-state index contributed by atoms with van der Waals surface area (Å²) in [5.74, 6) is 0. The molecule has 0 fully saturated rings. The van der Waals surface area contributed by atoms with Gasteiger partial charge in [0.2, 0.25) is 0 Å². The molecule has 0 aliphatic rings. The monoisotopic (exact) mass is 226 g/mol. The fourth-order valence-corrected chi connectivity index (χ4v) is 1.37. The number of carbonyl (C=O) groups excluding carboxylic acids is 1. The second-order valence-electron chi connectivity index (χ2n) is 4.22. The van der Waals surface area contributed by atoms with Crippen LogP contribution in [0.15, 0.2) is 54.1 Å². The van der Waals surface area contributed by atoms with E-state index in [1.807, 2.05) is 36.4 Å². The maximum atomic E-state index is 10.5. The van der Waals surface area contributed by atoms with Crippen LogP contribution in [-0.4, -0.2) is 6.29 Å². The first-order chi connectivity index (χ1) is 8.13. The molecule has 0 unspecified atom stereocenters. The van der Waals surface area contributed by atoms with Crippen molar-refractivity contribution in [2.24, 2.45) is 0 Å². The molecule has 1 aromatic rings. The maximum absolute atomic E-state index is 10.5. The van der Waals surface area contributed by atoms with Gasteiger partial charge in [0.05, 0.1) is 0 Å². The van der Waals surface area contributed by atoms with Crippen LogP contribution in [0.3, 0.4) is 0 Å². The number of rotatable bonds is 4. The second-order valence-corrected chi connectivity index (χ2v) is 4.22. The van der Waals surface area contributed by atoms with Crippen LogP contribution >= 0.6 is 0 Å². The molecule has 0 aliphatic heterocycles. The van der Waals surface area contributed by atoms with Crippen molar-refractivity contribution in [3.05, 3.63) is 65.3 Å². The number of hydrogen-bond donors (Lipinski definition) is 0. The fourth-order valence-electron chi connectivity index (χ4n) is 1.37. The van der Waals surface area contributed by atoms with E-state index in [1.165, 1.54) is 11.1 Å². The van der Waals surface area contributed by atoms with E-state index in [-0.39, 0.29) is 0 Å². The Morgan fingerprint density at radius 3 is 2.06 bits per heavy atom. The SMILES string of the molecule is CC(C)=C/C=C\C=C(/C)c1ccc(C=O)cc1. The van der Waals surface area contributed by atoms with Crippen LogP contribution in [-0.2, 0) is 0 Å². The minimum absolute atomic E-state index is 0.710. The van der Waals surface area contributed by atoms with Crippen molar-refractivity contribution in [3.63, 3.8) is 0 Å². The molecule has 0 bridgehead atoms. The first kappa shape index (κ1) is 13.2. The quantitative estimate of drug-likeness (QED) is 0.548. The highest BCUT2D eigenvalue weighted by Crippen LogP contribution is 2.14. The van der Waals surface area contributed by atoms with E-state index in [2.05, 4.69) is 32.9 Å². The van der Waals surface area contributed by atoms with Gasteiger partial charge in [-0.15, -0.1) is 0 Å². The third-order valence-corrected chi connectivity index (χ3v) is 2.39. The Kier molecular flexibility index (Phi) is 5.15. The Balaban J connectivity index is 2.77. The molecule has 0 aromatic heterocycles. The van der Waals surface area contributed by atoms with E-state index in [0.29, 0.717) is 5.56 Å². The number of carbonyl (C=O) groups is 1. The van der Waals surface area contributed by atoms with Crippen LogP contribution < -0.4 is 0 Å². The van der Waals surface area contributed by atoms with Crippen molar-refractivity contribution in [1.29, 1.82) is 0 Å². The van der Waals surface area contributed by atoms with Crippen molar-refractivity contribution < 1.29 is 4.79 Å². The van der Waals surface area contributed by atoms with E-state index >= 15 is 0 Å². The lowest BCUT2D eigenvalue weighted by atomic mass is 10.1. The third kappa shape index (κ3) is 4.64. The molecule has 17 heavy (non-hydrogen) atoms. The number of benzene rings is 1. The normalized spacial score (nSPS) is 11.6. The molecule has 0 heterocycles. The van der Waals surface area contributed by atoms with Gasteiger partial charge in [0.25, 0.3) is 0 Å². The molecule has 0 N–H and O–H groups in total. The minimum atomic E-state index is 0.710. The first-order valence-corrected chi connectivity index (χ1v) is 5.67. The van der Waals surface area contributed by atoms with Crippen LogP contribution in [0.25, 0.3) is 5.57 Å². The average Bonchev–Trinajstić information content (AvgIpc) is 2.34. The fraction of sp³-hybridized carbons (Fsp3) is 0.188. The van der Waals surface area contributed by atoms with Crippen LogP contribution in [0.4, 0.5) is 0 Å². The summed E-state index contributed by atoms with van der Waals surface area (Å²) in [6.07, 6.45) is 9.04. The lowest BCUT2D eigenvalue weighted by Crippen LogP contribution is -1.82. The molecule has 0 aliphatic carbocycles. The number of aldehydes is 1. The number of hydrogen-bond acceptors (Lipinski definition) is 1. The second kappa shape index (κ2) is 6.64. The molecule has 1 rings (SSSR count). The topological polar surface area (TPSA) is 17.1 Å². The van der Waals surface area contributed by atoms with Gasteiger partial charge in [-0.1, -0.05) is 54.1 Å². The van der Waals surface area contributed by atoms with Crippen molar-refractivity contribution in [1.82, 2.24) is 0 Å². The van der Waals surface area contributed by atoms with Gasteiger partial charge in [0, 0.05) is 5.56 Å². The van der Waals surface area contributed by atoms with E-state index in [4.69, 9.17) is 0 Å². The third-order valence-electron chi connectivity index (χ3n) is 2.39. The summed E-state index contributed by atoms with van der Waals surface area (Å²) in [5, 5.41) is 0. The summed E-state index contributed by atoms with van der Waals surface area (Å²) in [5.41, 5.74) is 4.31. The van der Waals surface area contributed by atoms with Crippen LogP contribution in [0.2, 0.25) is 0 Å². The smallest absolute Gasteiger partial charge is 0.150 e. The van der Waals surface area contributed by atoms with Gasteiger partial charge in [-0.2, -0.15) is 0 Å². The molecule has 0 saturated heterocycles. The Labute approximate surface area is 103 Å². The molecule has 1 aromatic carbocycles. The van der Waals surface area contributed by atoms with Gasteiger partial charge in [-0.05, 0) is 31.9 Å². The molecular weight excluding hydrogens is 208 g/mol. The highest BCUT2D eigenvalue weighted by Gasteiger charge is 1.94. The molecule has 0 spiro atoms. The standard InChI is InChI=1S/C16H18O/c1-13(2)6-4-5-7-14(3)16-10-8-15(12-17)9-11-16/h4-12H,1-3H3/b5-4-,14-7+. The van der Waals surface area contributed by atoms with E-state index in [1.54, 1.807) is 0 Å². The van der Waals surface area contributed by atoms with Gasteiger partial charge in [0.15, 0.2) is 0 Å². The van der Waals surface area contributed by atoms with Crippen molar-refractivity contribution in [2.75, 3.05) is 0 Å². The zero-order chi connectivity index (χ0) is 12.7. The average molecular weight is 226 g/mol. The molecule has 0 saturated carbocycles. The predicted octanol–water partition coefficient (Wildman–Crippen LogP) is 4.42. The van der Waals surface area contributed by atoms with Crippen LogP contribution in [0.5, 0.6) is 0 Å². The Morgan fingerprint density at radius 2 is 1.53 bits per heavy atom. The van der Waals surface area contributed by atoms with Gasteiger partial charge in [-0.25, -0.2) is 0 Å². The summed E-state index contributed by atoms with van der Waals surface area (Å²) in [6.45, 7) is 6.20. The van der Waals surface area contributed by atoms with E-state index < -0.39 is 0 Å². The van der Waals surface area contributed by atoms with Gasteiger partial charge < -0.3 is 0 Å². The lowest BCUT2D eigenvalue weighted by molar-refractivity contribution is 0.112. The minimum Gasteiger partial charge on any atom is -0.298 e. The highest BCUT2D eigenvalue weighted by atomic mass is 16.1. The van der Waals surface area contributed by atoms with Crippen LogP contribution in [0.1, 0.15) is 36.7 Å². The molecule has 0 radical (unpaired) electrons. The molecule has 1 heteroatoms. The van der Waals surface area contributed by atoms with Crippen molar-refractivity contribution >= 4 is 11.9 Å². The summed E-state index contributed by atoms with van der Waals surface area (Å²) in [6, 6.07) is 7.59. The van der Waals surface area contributed by atoms with Crippen LogP contribution in [0, 0.1) is 0 Å². The molecule has 0 amide bonds. The Hall–Kier alpha value is -1.89. The Morgan fingerprint density at radius 1 is 0.941 bits per heavy atom. The lowest BCUT2D eigenvalue weighted by Gasteiger charge is -2.00. The molecule has 88 valence electrons. The Bertz CT molecular complexity index is 455. The predicted molar refractivity (Wildman–Crippen MR) is 74.1 cm³/mol. The largest absolute Gasteiger partial charge is 0.298 e. The van der Waals surface area contributed by atoms with E-state index in [9.17, 15) is 4.79 Å². The maximum Gasteiger partial charge on any atom is 0.150 e. The summed E-state index contributed by atoms with van der Waals surface area (Å²) in [7, 11) is 0. The summed E-state index contributed by atoms with van der Waals surface area (Å²) < 4.78 is 0. The van der Waals surface area contributed by atoms with Crippen molar-refractivity contribution in [3.8, 4) is 0 Å². The molecular formula is C16H18O. The summed E-state index contributed by atoms with van der Waals surface area (Å²) >= 11 is 0. The van der Waals surface area contributed by atoms with Crippen molar-refractivity contribution in [2.45, 2.75) is 20.8 Å². The van der Waals surface area contributed by atoms with Gasteiger partial charge in [0.1, 0.15) is 6.29 Å². The summed E-state index contributed by atoms with van der Waals surface area (Å²) in [4.78, 5) is 10.5. The van der Waals surface area contributed by atoms with E-state index in [0.717, 1.165) is 11.8 Å². The highest BCUT2D eigenvalue weighted by molar-refractivity contribution is 5.76. The first-order valence-electron chi connectivity index (χ1n) is 5.67. The van der Waals surface area contributed by atoms with Gasteiger partial charge >= 0.3 is 0 Å². The molecule has 1 nitrogen and oxygen atoms in total. The zero-order valence-electron chi connectivity index (χ0n) is 10.6.